The average Bonchev–Trinajstić information content (AvgIpc) is 2.83. The minimum Gasteiger partial charge on any atom is -0.508 e. The van der Waals surface area contributed by atoms with E-state index in [1.54, 1.807) is 54.0 Å². The molecular weight excluding hydrogens is 438 g/mol. The lowest BCUT2D eigenvalue weighted by Gasteiger charge is -2.22. The van der Waals surface area contributed by atoms with Gasteiger partial charge in [-0.2, -0.15) is 0 Å². The molecule has 180 valence electrons. The molecule has 2 N–H and O–H groups in total. The van der Waals surface area contributed by atoms with Gasteiger partial charge in [0.15, 0.2) is 0 Å². The maximum absolute atomic E-state index is 13.6. The monoisotopic (exact) mass is 467 g/mol. The van der Waals surface area contributed by atoms with Gasteiger partial charge in [0, 0.05) is 29.8 Å². The van der Waals surface area contributed by atoms with Gasteiger partial charge in [0.2, 0.25) is 0 Å². The molecule has 0 saturated heterocycles. The molecule has 0 spiro atoms. The third-order valence-corrected chi connectivity index (χ3v) is 5.85. The van der Waals surface area contributed by atoms with Gasteiger partial charge < -0.3 is 29.0 Å². The number of rotatable bonds is 9. The lowest BCUT2D eigenvalue weighted by atomic mass is 9.87. The van der Waals surface area contributed by atoms with E-state index in [1.807, 2.05) is 0 Å². The Kier molecular flexibility index (Phi) is 7.83. The summed E-state index contributed by atoms with van der Waals surface area (Å²) in [5.41, 5.74) is 1.77. The highest BCUT2D eigenvalue weighted by Gasteiger charge is 2.29. The fourth-order valence-electron chi connectivity index (χ4n) is 4.00. The van der Waals surface area contributed by atoms with Crippen LogP contribution in [0.3, 0.4) is 0 Å². The summed E-state index contributed by atoms with van der Waals surface area (Å²) >= 11 is 0. The minimum absolute atomic E-state index is 0.0881. The largest absolute Gasteiger partial charge is 0.508 e. The number of carbonyl (C=O) groups is 1. The van der Waals surface area contributed by atoms with Crippen molar-refractivity contribution in [1.82, 2.24) is 4.57 Å². The zero-order chi connectivity index (χ0) is 24.8. The molecule has 1 heterocycles. The summed E-state index contributed by atoms with van der Waals surface area (Å²) in [6.07, 6.45) is 0.377. The van der Waals surface area contributed by atoms with Crippen LogP contribution in [0.15, 0.2) is 53.3 Å². The van der Waals surface area contributed by atoms with E-state index in [2.05, 4.69) is 0 Å². The van der Waals surface area contributed by atoms with Gasteiger partial charge in [-0.1, -0.05) is 18.2 Å². The van der Waals surface area contributed by atoms with E-state index in [0.29, 0.717) is 35.7 Å². The number of benzene rings is 2. The van der Waals surface area contributed by atoms with E-state index < -0.39 is 17.4 Å². The molecule has 0 aliphatic carbocycles. The summed E-state index contributed by atoms with van der Waals surface area (Å²) in [6, 6.07) is 13.4. The summed E-state index contributed by atoms with van der Waals surface area (Å²) in [7, 11) is 4.28. The van der Waals surface area contributed by atoms with Crippen LogP contribution in [0.1, 0.15) is 34.7 Å². The van der Waals surface area contributed by atoms with Gasteiger partial charge in [0.1, 0.15) is 23.0 Å². The Morgan fingerprint density at radius 1 is 1.00 bits per heavy atom. The Morgan fingerprint density at radius 3 is 2.32 bits per heavy atom. The quantitative estimate of drug-likeness (QED) is 0.464. The first kappa shape index (κ1) is 24.7. The maximum Gasteiger partial charge on any atom is 0.306 e. The van der Waals surface area contributed by atoms with Crippen molar-refractivity contribution < 1.29 is 29.2 Å². The summed E-state index contributed by atoms with van der Waals surface area (Å²) in [5, 5.41) is 20.3. The number of phenols is 1. The molecule has 0 aliphatic rings. The van der Waals surface area contributed by atoms with Crippen LogP contribution in [0.5, 0.6) is 23.0 Å². The summed E-state index contributed by atoms with van der Waals surface area (Å²) in [5.74, 6) is -0.391. The summed E-state index contributed by atoms with van der Waals surface area (Å²) < 4.78 is 17.2. The number of phenolic OH excluding ortho intramolecular Hbond substituents is 1. The van der Waals surface area contributed by atoms with Crippen molar-refractivity contribution in [1.29, 1.82) is 0 Å². The number of aromatic hydroxyl groups is 2. The van der Waals surface area contributed by atoms with Crippen molar-refractivity contribution in [3.8, 4) is 23.0 Å². The van der Waals surface area contributed by atoms with Crippen molar-refractivity contribution in [2.45, 2.75) is 32.2 Å². The van der Waals surface area contributed by atoms with Crippen molar-refractivity contribution in [3.63, 3.8) is 0 Å². The molecule has 0 aliphatic heterocycles. The molecule has 8 nitrogen and oxygen atoms in total. The standard InChI is InChI=1S/C26H29NO7/c1-16-13-22(29)25(26(31)27(16)12-11-17-5-7-18(28)8-6-17)21(15-24(30)34-4)20-10-9-19(32-2)14-23(20)33-3/h5-10,13-14,21,28-29H,11-12,15H2,1-4H3. The fraction of sp³-hybridized carbons (Fsp3) is 0.308. The van der Waals surface area contributed by atoms with E-state index >= 15 is 0 Å². The van der Waals surface area contributed by atoms with E-state index in [1.165, 1.54) is 27.4 Å². The van der Waals surface area contributed by atoms with Crippen LogP contribution in [0, 0.1) is 6.92 Å². The maximum atomic E-state index is 13.6. The smallest absolute Gasteiger partial charge is 0.306 e. The van der Waals surface area contributed by atoms with Gasteiger partial charge >= 0.3 is 5.97 Å². The second kappa shape index (κ2) is 10.8. The van der Waals surface area contributed by atoms with Gasteiger partial charge in [-0.05, 0) is 43.2 Å². The van der Waals surface area contributed by atoms with Crippen LogP contribution >= 0.6 is 0 Å². The molecule has 0 radical (unpaired) electrons. The first-order valence-corrected chi connectivity index (χ1v) is 10.8. The molecule has 34 heavy (non-hydrogen) atoms. The Hall–Kier alpha value is -3.94. The Balaban J connectivity index is 2.10. The average molecular weight is 468 g/mol. The highest BCUT2D eigenvalue weighted by Crippen LogP contribution is 2.38. The number of ether oxygens (including phenoxy) is 3. The van der Waals surface area contributed by atoms with Gasteiger partial charge in [-0.15, -0.1) is 0 Å². The van der Waals surface area contributed by atoms with E-state index in [4.69, 9.17) is 14.2 Å². The number of methoxy groups -OCH3 is 3. The number of pyridine rings is 1. The van der Waals surface area contributed by atoms with Gasteiger partial charge in [0.25, 0.3) is 5.56 Å². The van der Waals surface area contributed by atoms with Gasteiger partial charge in [0.05, 0.1) is 33.3 Å². The lowest BCUT2D eigenvalue weighted by Crippen LogP contribution is -2.29. The molecule has 2 aromatic carbocycles. The van der Waals surface area contributed by atoms with Crippen LogP contribution in [0.4, 0.5) is 0 Å². The number of aryl methyl sites for hydroxylation is 2. The topological polar surface area (TPSA) is 107 Å². The normalized spacial score (nSPS) is 11.6. The predicted molar refractivity (Wildman–Crippen MR) is 127 cm³/mol. The van der Waals surface area contributed by atoms with Crippen LogP contribution in [-0.2, 0) is 22.5 Å². The Labute approximate surface area is 198 Å². The number of aromatic nitrogens is 1. The third kappa shape index (κ3) is 5.33. The molecule has 0 amide bonds. The second-order valence-corrected chi connectivity index (χ2v) is 7.90. The second-order valence-electron chi connectivity index (χ2n) is 7.90. The molecule has 1 aromatic heterocycles. The fourth-order valence-corrected chi connectivity index (χ4v) is 4.00. The Bertz CT molecular complexity index is 1220. The zero-order valence-corrected chi connectivity index (χ0v) is 19.7. The highest BCUT2D eigenvalue weighted by molar-refractivity contribution is 5.72. The highest BCUT2D eigenvalue weighted by atomic mass is 16.5. The van der Waals surface area contributed by atoms with E-state index in [9.17, 15) is 19.8 Å². The minimum atomic E-state index is -0.804. The number of nitrogens with zero attached hydrogens (tertiary/aromatic N) is 1. The van der Waals surface area contributed by atoms with Crippen molar-refractivity contribution in [2.24, 2.45) is 0 Å². The number of esters is 1. The number of carbonyl (C=O) groups excluding carboxylic acids is 1. The van der Waals surface area contributed by atoms with Crippen LogP contribution in [0.25, 0.3) is 0 Å². The van der Waals surface area contributed by atoms with Crippen molar-refractivity contribution in [3.05, 3.63) is 81.3 Å². The van der Waals surface area contributed by atoms with Crippen molar-refractivity contribution >= 4 is 5.97 Å². The van der Waals surface area contributed by atoms with E-state index in [-0.39, 0.29) is 23.5 Å². The number of hydrogen-bond donors (Lipinski definition) is 2. The molecule has 1 unspecified atom stereocenters. The van der Waals surface area contributed by atoms with Crippen molar-refractivity contribution in [2.75, 3.05) is 21.3 Å². The molecular formula is C26H29NO7. The van der Waals surface area contributed by atoms with Gasteiger partial charge in [-0.25, -0.2) is 0 Å². The third-order valence-electron chi connectivity index (χ3n) is 5.85. The molecule has 0 bridgehead atoms. The molecule has 3 rings (SSSR count). The first-order chi connectivity index (χ1) is 16.3. The lowest BCUT2D eigenvalue weighted by molar-refractivity contribution is -0.140. The van der Waals surface area contributed by atoms with E-state index in [0.717, 1.165) is 5.56 Å². The molecule has 0 fully saturated rings. The molecule has 1 atom stereocenters. The molecule has 0 saturated carbocycles. The SMILES string of the molecule is COC(=O)CC(c1ccc(OC)cc1OC)c1c(O)cc(C)n(CCc2ccc(O)cc2)c1=O. The summed E-state index contributed by atoms with van der Waals surface area (Å²) in [6.45, 7) is 2.10. The first-order valence-electron chi connectivity index (χ1n) is 10.8. The van der Waals surface area contributed by atoms with Crippen LogP contribution < -0.4 is 15.0 Å². The predicted octanol–water partition coefficient (Wildman–Crippen LogP) is 3.52. The summed E-state index contributed by atoms with van der Waals surface area (Å²) in [4.78, 5) is 25.9. The van der Waals surface area contributed by atoms with Crippen LogP contribution in [0.2, 0.25) is 0 Å². The molecule has 8 heteroatoms. The molecule has 3 aromatic rings. The zero-order valence-electron chi connectivity index (χ0n) is 19.7. The van der Waals surface area contributed by atoms with Crippen LogP contribution in [-0.4, -0.2) is 42.1 Å². The Morgan fingerprint density at radius 2 is 1.71 bits per heavy atom. The van der Waals surface area contributed by atoms with Gasteiger partial charge in [-0.3, -0.25) is 9.59 Å². The number of hydrogen-bond acceptors (Lipinski definition) is 7.